The number of hydrogen-bond donors (Lipinski definition) is 0. The predicted molar refractivity (Wildman–Crippen MR) is 76.3 cm³/mol. The van der Waals surface area contributed by atoms with Gasteiger partial charge >= 0.3 is 6.18 Å². The van der Waals surface area contributed by atoms with E-state index in [0.717, 1.165) is 17.7 Å². The molecule has 0 N–H and O–H groups in total. The molecule has 0 atom stereocenters. The average Bonchev–Trinajstić information content (AvgIpc) is 2.45. The highest BCUT2D eigenvalue weighted by Gasteiger charge is 2.30. The molecule has 0 aromatic heterocycles. The van der Waals surface area contributed by atoms with E-state index in [1.54, 1.807) is 0 Å². The molecule has 0 unspecified atom stereocenters. The van der Waals surface area contributed by atoms with Crippen LogP contribution in [0.3, 0.4) is 0 Å². The number of benzene rings is 2. The van der Waals surface area contributed by atoms with E-state index in [4.69, 9.17) is 4.74 Å². The molecule has 0 aliphatic heterocycles. The molecule has 0 heterocycles. The van der Waals surface area contributed by atoms with Crippen LogP contribution in [-0.4, -0.2) is 0 Å². The second kappa shape index (κ2) is 6.20. The van der Waals surface area contributed by atoms with Gasteiger partial charge in [-0.2, -0.15) is 13.2 Å². The predicted octanol–water partition coefficient (Wildman–Crippen LogP) is 5.41. The first-order valence-corrected chi connectivity index (χ1v) is 6.75. The van der Waals surface area contributed by atoms with Gasteiger partial charge in [-0.25, -0.2) is 0 Å². The van der Waals surface area contributed by atoms with Crippen molar-refractivity contribution >= 4 is 0 Å². The van der Waals surface area contributed by atoms with Crippen LogP contribution < -0.4 is 4.74 Å². The summed E-state index contributed by atoms with van der Waals surface area (Å²) in [7, 11) is 0. The molecule has 0 amide bonds. The third-order valence-corrected chi connectivity index (χ3v) is 3.21. The Morgan fingerprint density at radius 3 is 2.24 bits per heavy atom. The van der Waals surface area contributed by atoms with Gasteiger partial charge in [-0.15, -0.1) is 0 Å². The van der Waals surface area contributed by atoms with E-state index in [-0.39, 0.29) is 12.4 Å². The summed E-state index contributed by atoms with van der Waals surface area (Å²) in [5.41, 5.74) is 1.45. The molecule has 21 heavy (non-hydrogen) atoms. The Morgan fingerprint density at radius 1 is 1.00 bits per heavy atom. The molecule has 112 valence electrons. The molecule has 2 aromatic rings. The van der Waals surface area contributed by atoms with Gasteiger partial charge < -0.3 is 4.74 Å². The molecule has 0 saturated heterocycles. The van der Waals surface area contributed by atoms with Gasteiger partial charge in [0.25, 0.3) is 0 Å². The van der Waals surface area contributed by atoms with Crippen molar-refractivity contribution in [1.82, 2.24) is 0 Å². The number of hydrogen-bond acceptors (Lipinski definition) is 1. The fourth-order valence-corrected chi connectivity index (χ4v) is 1.93. The van der Waals surface area contributed by atoms with Gasteiger partial charge in [0, 0.05) is 0 Å². The van der Waals surface area contributed by atoms with E-state index in [0.29, 0.717) is 5.92 Å². The Labute approximate surface area is 122 Å². The minimum Gasteiger partial charge on any atom is -0.489 e. The summed E-state index contributed by atoms with van der Waals surface area (Å²) in [6.07, 6.45) is -4.35. The Kier molecular flexibility index (Phi) is 4.56. The maximum atomic E-state index is 12.6. The Hall–Kier alpha value is -1.97. The molecule has 0 aliphatic rings. The van der Waals surface area contributed by atoms with E-state index >= 15 is 0 Å². The maximum Gasteiger partial charge on any atom is 0.416 e. The van der Waals surface area contributed by atoms with Crippen LogP contribution in [-0.2, 0) is 12.8 Å². The van der Waals surface area contributed by atoms with Gasteiger partial charge in [0.05, 0.1) is 5.56 Å². The molecule has 0 spiro atoms. The molecule has 0 fully saturated rings. The van der Waals surface area contributed by atoms with Crippen LogP contribution >= 0.6 is 0 Å². The lowest BCUT2D eigenvalue weighted by molar-refractivity contribution is -0.137. The molecule has 2 aromatic carbocycles. The lowest BCUT2D eigenvalue weighted by Crippen LogP contribution is -2.05. The van der Waals surface area contributed by atoms with E-state index in [1.807, 2.05) is 24.3 Å². The topological polar surface area (TPSA) is 9.23 Å². The quantitative estimate of drug-likeness (QED) is 0.732. The zero-order valence-electron chi connectivity index (χ0n) is 11.9. The fraction of sp³-hybridized carbons (Fsp3) is 0.294. The second-order valence-electron chi connectivity index (χ2n) is 5.21. The molecule has 0 radical (unpaired) electrons. The van der Waals surface area contributed by atoms with E-state index in [9.17, 15) is 13.2 Å². The van der Waals surface area contributed by atoms with Gasteiger partial charge in [-0.3, -0.25) is 0 Å². The zero-order chi connectivity index (χ0) is 15.5. The van der Waals surface area contributed by atoms with Crippen molar-refractivity contribution in [1.29, 1.82) is 0 Å². The lowest BCUT2D eigenvalue weighted by Gasteiger charge is -2.11. The van der Waals surface area contributed by atoms with Crippen molar-refractivity contribution in [2.24, 2.45) is 0 Å². The summed E-state index contributed by atoms with van der Waals surface area (Å²) in [6.45, 7) is 4.46. The third-order valence-electron chi connectivity index (χ3n) is 3.21. The maximum absolute atomic E-state index is 12.6. The van der Waals surface area contributed by atoms with Crippen LogP contribution in [0.1, 0.15) is 36.5 Å². The summed E-state index contributed by atoms with van der Waals surface area (Å²) in [4.78, 5) is 0. The highest BCUT2D eigenvalue weighted by atomic mass is 19.4. The van der Waals surface area contributed by atoms with Crippen LogP contribution in [0.4, 0.5) is 13.2 Å². The summed E-state index contributed by atoms with van der Waals surface area (Å²) in [5.74, 6) is 0.668. The van der Waals surface area contributed by atoms with Gasteiger partial charge in [-0.1, -0.05) is 44.2 Å². The molecule has 0 saturated carbocycles. The largest absolute Gasteiger partial charge is 0.489 e. The van der Waals surface area contributed by atoms with Crippen LogP contribution in [0.25, 0.3) is 0 Å². The van der Waals surface area contributed by atoms with E-state index in [1.165, 1.54) is 17.7 Å². The SMILES string of the molecule is CC(C)c1ccc(COc2cccc(C(F)(F)F)c2)cc1. The number of alkyl halides is 3. The normalized spacial score (nSPS) is 11.7. The fourth-order valence-electron chi connectivity index (χ4n) is 1.93. The van der Waals surface area contributed by atoms with Crippen molar-refractivity contribution in [3.8, 4) is 5.75 Å². The van der Waals surface area contributed by atoms with Crippen LogP contribution in [0.2, 0.25) is 0 Å². The lowest BCUT2D eigenvalue weighted by atomic mass is 10.0. The minimum absolute atomic E-state index is 0.220. The van der Waals surface area contributed by atoms with Crippen LogP contribution in [0.5, 0.6) is 5.75 Å². The smallest absolute Gasteiger partial charge is 0.416 e. The van der Waals surface area contributed by atoms with Gasteiger partial charge in [-0.05, 0) is 35.2 Å². The van der Waals surface area contributed by atoms with Crippen LogP contribution in [0.15, 0.2) is 48.5 Å². The Bertz CT molecular complexity index is 586. The van der Waals surface area contributed by atoms with Crippen molar-refractivity contribution in [2.75, 3.05) is 0 Å². The molecular formula is C17H17F3O. The summed E-state index contributed by atoms with van der Waals surface area (Å²) in [6, 6.07) is 12.8. The van der Waals surface area contributed by atoms with Crippen LogP contribution in [0, 0.1) is 0 Å². The first kappa shape index (κ1) is 15.4. The van der Waals surface area contributed by atoms with Crippen molar-refractivity contribution in [3.63, 3.8) is 0 Å². The van der Waals surface area contributed by atoms with E-state index < -0.39 is 11.7 Å². The molecule has 1 nitrogen and oxygen atoms in total. The summed E-state index contributed by atoms with van der Waals surface area (Å²) in [5, 5.41) is 0. The monoisotopic (exact) mass is 294 g/mol. The molecule has 2 rings (SSSR count). The highest BCUT2D eigenvalue weighted by Crippen LogP contribution is 2.31. The molecular weight excluding hydrogens is 277 g/mol. The highest BCUT2D eigenvalue weighted by molar-refractivity contribution is 5.31. The Morgan fingerprint density at radius 2 is 1.67 bits per heavy atom. The molecule has 0 aliphatic carbocycles. The third kappa shape index (κ3) is 4.25. The van der Waals surface area contributed by atoms with E-state index in [2.05, 4.69) is 13.8 Å². The number of halogens is 3. The first-order valence-electron chi connectivity index (χ1n) is 6.75. The second-order valence-corrected chi connectivity index (χ2v) is 5.21. The van der Waals surface area contributed by atoms with Crippen molar-refractivity contribution < 1.29 is 17.9 Å². The number of ether oxygens (including phenoxy) is 1. The standard InChI is InChI=1S/C17H17F3O/c1-12(2)14-8-6-13(7-9-14)11-21-16-5-3-4-15(10-16)17(18,19)20/h3-10,12H,11H2,1-2H3. The first-order chi connectivity index (χ1) is 9.86. The van der Waals surface area contributed by atoms with Crippen molar-refractivity contribution in [3.05, 3.63) is 65.2 Å². The summed E-state index contributed by atoms with van der Waals surface area (Å²) < 4.78 is 43.2. The molecule has 0 bridgehead atoms. The van der Waals surface area contributed by atoms with Gasteiger partial charge in [0.1, 0.15) is 12.4 Å². The Balaban J connectivity index is 2.03. The van der Waals surface area contributed by atoms with Crippen molar-refractivity contribution in [2.45, 2.75) is 32.5 Å². The molecule has 4 heteroatoms. The van der Waals surface area contributed by atoms with Gasteiger partial charge in [0.2, 0.25) is 0 Å². The zero-order valence-corrected chi connectivity index (χ0v) is 11.9. The number of rotatable bonds is 4. The summed E-state index contributed by atoms with van der Waals surface area (Å²) >= 11 is 0. The van der Waals surface area contributed by atoms with Gasteiger partial charge in [0.15, 0.2) is 0 Å². The minimum atomic E-state index is -4.35. The average molecular weight is 294 g/mol.